The number of carboxylic acid groups (broad SMARTS) is 1. The molecule has 1 N–H and O–H groups in total. The summed E-state index contributed by atoms with van der Waals surface area (Å²) in [4.78, 5) is 13.7. The smallest absolute Gasteiger partial charge is 0.481 e. The Morgan fingerprint density at radius 3 is 2.24 bits per heavy atom. The molecule has 1 heterocycles. The molecular weight excluding hydrogens is 376 g/mol. The molecule has 0 saturated carbocycles. The predicted molar refractivity (Wildman–Crippen MR) is 59.9 cm³/mol. The van der Waals surface area contributed by atoms with Crippen LogP contribution in [0.15, 0.2) is 6.07 Å². The molecule has 4 nitrogen and oxygen atoms in total. The molecule has 11 heteroatoms. The highest BCUT2D eigenvalue weighted by Crippen LogP contribution is 2.36. The molecule has 21 heavy (non-hydrogen) atoms. The Labute approximate surface area is 121 Å². The Balaban J connectivity index is 3.47. The van der Waals surface area contributed by atoms with Crippen molar-refractivity contribution in [1.29, 1.82) is 0 Å². The van der Waals surface area contributed by atoms with E-state index < -0.39 is 47.6 Å². The van der Waals surface area contributed by atoms with Crippen LogP contribution in [0.1, 0.15) is 17.0 Å². The maximum absolute atomic E-state index is 12.6. The van der Waals surface area contributed by atoms with Crippen LogP contribution in [-0.2, 0) is 22.7 Å². The molecule has 0 radical (unpaired) electrons. The number of hydrogen-bond acceptors (Lipinski definition) is 3. The molecule has 1 aromatic rings. The highest BCUT2D eigenvalue weighted by Gasteiger charge is 2.38. The van der Waals surface area contributed by atoms with Gasteiger partial charge in [-0.25, -0.2) is 4.98 Å². The van der Waals surface area contributed by atoms with E-state index in [1.165, 1.54) is 0 Å². The Morgan fingerprint density at radius 2 is 1.86 bits per heavy atom. The molecule has 1 aromatic heterocycles. The van der Waals surface area contributed by atoms with Crippen molar-refractivity contribution in [3.05, 3.63) is 23.0 Å². The van der Waals surface area contributed by atoms with Crippen LogP contribution in [0.25, 0.3) is 0 Å². The fraction of sp³-hybridized carbons (Fsp3) is 0.400. The lowest BCUT2D eigenvalue weighted by Gasteiger charge is -2.17. The quantitative estimate of drug-likeness (QED) is 0.640. The lowest BCUT2D eigenvalue weighted by atomic mass is 10.1. The standard InChI is InChI=1S/C10H6BrF6NO3/c11-3-4-5(1-8(19)20)18-7(9(12,13)14)2-6(4)21-10(15,16)17/h2H,1,3H2,(H,19,20). The second-order valence-electron chi connectivity index (χ2n) is 3.68. The number of rotatable bonds is 4. The van der Waals surface area contributed by atoms with E-state index in [9.17, 15) is 31.1 Å². The molecule has 0 bridgehead atoms. The van der Waals surface area contributed by atoms with Crippen LogP contribution < -0.4 is 4.74 Å². The van der Waals surface area contributed by atoms with E-state index in [-0.39, 0.29) is 11.4 Å². The molecule has 0 spiro atoms. The largest absolute Gasteiger partial charge is 0.573 e. The van der Waals surface area contributed by atoms with Crippen LogP contribution in [0.5, 0.6) is 5.75 Å². The first-order valence-electron chi connectivity index (χ1n) is 5.07. The van der Waals surface area contributed by atoms with Crippen molar-refractivity contribution >= 4 is 21.9 Å². The van der Waals surface area contributed by atoms with Crippen LogP contribution in [0.3, 0.4) is 0 Å². The number of carboxylic acids is 1. The molecule has 1 rings (SSSR count). The minimum absolute atomic E-state index is 0.0788. The molecule has 118 valence electrons. The minimum Gasteiger partial charge on any atom is -0.481 e. The Hall–Kier alpha value is -1.52. The van der Waals surface area contributed by atoms with Gasteiger partial charge in [0.25, 0.3) is 0 Å². The summed E-state index contributed by atoms with van der Waals surface area (Å²) in [6.45, 7) is 0. The van der Waals surface area contributed by atoms with E-state index in [2.05, 4.69) is 25.7 Å². The number of aromatic nitrogens is 1. The van der Waals surface area contributed by atoms with Crippen molar-refractivity contribution in [2.45, 2.75) is 24.3 Å². The van der Waals surface area contributed by atoms with E-state index in [1.54, 1.807) is 0 Å². The van der Waals surface area contributed by atoms with Gasteiger partial charge in [-0.1, -0.05) is 15.9 Å². The fourth-order valence-corrected chi connectivity index (χ4v) is 1.99. The summed E-state index contributed by atoms with van der Waals surface area (Å²) in [7, 11) is 0. The van der Waals surface area contributed by atoms with Crippen molar-refractivity contribution in [1.82, 2.24) is 4.98 Å². The zero-order valence-electron chi connectivity index (χ0n) is 9.85. The molecule has 0 amide bonds. The van der Waals surface area contributed by atoms with Crippen molar-refractivity contribution in [3.8, 4) is 5.75 Å². The zero-order chi connectivity index (χ0) is 16.4. The molecule has 0 aliphatic carbocycles. The van der Waals surface area contributed by atoms with Crippen molar-refractivity contribution in [2.24, 2.45) is 0 Å². The second-order valence-corrected chi connectivity index (χ2v) is 4.24. The van der Waals surface area contributed by atoms with Gasteiger partial charge >= 0.3 is 18.5 Å². The summed E-state index contributed by atoms with van der Waals surface area (Å²) in [6.07, 6.45) is -11.2. The Morgan fingerprint density at radius 1 is 1.29 bits per heavy atom. The first-order chi connectivity index (χ1) is 9.44. The van der Waals surface area contributed by atoms with Crippen LogP contribution in [-0.4, -0.2) is 22.4 Å². The minimum atomic E-state index is -5.22. The summed E-state index contributed by atoms with van der Waals surface area (Å²) in [6, 6.07) is 0.0788. The molecule has 0 aliphatic rings. The molecule has 0 unspecified atom stereocenters. The first-order valence-corrected chi connectivity index (χ1v) is 6.19. The molecule has 0 aromatic carbocycles. The second kappa shape index (κ2) is 6.08. The highest BCUT2D eigenvalue weighted by atomic mass is 79.9. The number of nitrogens with zero attached hydrogens (tertiary/aromatic N) is 1. The molecular formula is C10H6BrF6NO3. The van der Waals surface area contributed by atoms with Gasteiger partial charge < -0.3 is 9.84 Å². The molecule has 0 aliphatic heterocycles. The van der Waals surface area contributed by atoms with Gasteiger partial charge in [0.05, 0.1) is 12.1 Å². The van der Waals surface area contributed by atoms with E-state index in [0.717, 1.165) is 0 Å². The Kier molecular flexibility index (Phi) is 5.07. The van der Waals surface area contributed by atoms with Gasteiger partial charge in [-0.15, -0.1) is 13.2 Å². The summed E-state index contributed by atoms with van der Waals surface area (Å²) >= 11 is 2.77. The van der Waals surface area contributed by atoms with Crippen molar-refractivity contribution < 1.29 is 41.0 Å². The molecule has 0 atom stereocenters. The van der Waals surface area contributed by atoms with Crippen molar-refractivity contribution in [3.63, 3.8) is 0 Å². The van der Waals surface area contributed by atoms with Gasteiger partial charge in [-0.2, -0.15) is 13.2 Å². The van der Waals surface area contributed by atoms with Gasteiger partial charge in [0, 0.05) is 17.0 Å². The van der Waals surface area contributed by atoms with E-state index >= 15 is 0 Å². The summed E-state index contributed by atoms with van der Waals surface area (Å²) < 4.78 is 78.0. The third-order valence-electron chi connectivity index (χ3n) is 2.14. The maximum Gasteiger partial charge on any atom is 0.573 e. The maximum atomic E-state index is 12.6. The van der Waals surface area contributed by atoms with E-state index in [0.29, 0.717) is 0 Å². The number of aliphatic carboxylic acids is 1. The highest BCUT2D eigenvalue weighted by molar-refractivity contribution is 9.08. The fourth-order valence-electron chi connectivity index (χ4n) is 1.39. The topological polar surface area (TPSA) is 59.4 Å². The lowest BCUT2D eigenvalue weighted by molar-refractivity contribution is -0.275. The van der Waals surface area contributed by atoms with E-state index in [4.69, 9.17) is 5.11 Å². The zero-order valence-corrected chi connectivity index (χ0v) is 11.4. The van der Waals surface area contributed by atoms with Gasteiger partial charge in [-0.3, -0.25) is 4.79 Å². The van der Waals surface area contributed by atoms with Gasteiger partial charge in [0.2, 0.25) is 0 Å². The van der Waals surface area contributed by atoms with E-state index in [1.807, 2.05) is 0 Å². The number of pyridine rings is 1. The monoisotopic (exact) mass is 381 g/mol. The summed E-state index contributed by atoms with van der Waals surface area (Å²) in [5, 5.41) is 8.25. The average Bonchev–Trinajstić information content (AvgIpc) is 2.24. The number of alkyl halides is 7. The molecule has 0 saturated heterocycles. The van der Waals surface area contributed by atoms with Crippen LogP contribution in [0.4, 0.5) is 26.3 Å². The third-order valence-corrected chi connectivity index (χ3v) is 2.70. The molecule has 0 fully saturated rings. The predicted octanol–water partition coefficient (Wildman–Crippen LogP) is 3.52. The summed E-state index contributed by atoms with van der Waals surface area (Å²) in [5.74, 6) is -2.68. The first kappa shape index (κ1) is 17.5. The number of carbonyl (C=O) groups is 1. The average molecular weight is 382 g/mol. The number of halogens is 7. The summed E-state index contributed by atoms with van der Waals surface area (Å²) in [5.41, 5.74) is -2.74. The normalized spacial score (nSPS) is 12.3. The van der Waals surface area contributed by atoms with Crippen LogP contribution in [0.2, 0.25) is 0 Å². The SMILES string of the molecule is O=C(O)Cc1nc(C(F)(F)F)cc(OC(F)(F)F)c1CBr. The third kappa shape index (κ3) is 5.06. The van der Waals surface area contributed by atoms with Crippen molar-refractivity contribution in [2.75, 3.05) is 0 Å². The van der Waals surface area contributed by atoms with Gasteiger partial charge in [-0.05, 0) is 0 Å². The van der Waals surface area contributed by atoms with Crippen LogP contribution >= 0.6 is 15.9 Å². The Bertz CT molecular complexity index is 543. The van der Waals surface area contributed by atoms with Gasteiger partial charge in [0.15, 0.2) is 0 Å². The van der Waals surface area contributed by atoms with Gasteiger partial charge in [0.1, 0.15) is 11.4 Å². The lowest BCUT2D eigenvalue weighted by Crippen LogP contribution is -2.21. The van der Waals surface area contributed by atoms with Crippen LogP contribution in [0, 0.1) is 0 Å². The number of ether oxygens (including phenoxy) is 1. The number of hydrogen-bond donors (Lipinski definition) is 1.